The van der Waals surface area contributed by atoms with E-state index in [-0.39, 0.29) is 0 Å². The zero-order valence-electron chi connectivity index (χ0n) is 20.4. The predicted octanol–water partition coefficient (Wildman–Crippen LogP) is 9.28. The van der Waals surface area contributed by atoms with Crippen molar-refractivity contribution in [2.75, 3.05) is 0 Å². The minimum absolute atomic E-state index is 0.695. The molecule has 0 bridgehead atoms. The van der Waals surface area contributed by atoms with Gasteiger partial charge in [-0.05, 0) is 45.5 Å². The van der Waals surface area contributed by atoms with Crippen LogP contribution in [0.25, 0.3) is 71.1 Å². The first-order valence-electron chi connectivity index (χ1n) is 12.7. The lowest BCUT2D eigenvalue weighted by Crippen LogP contribution is -2.03. The van der Waals surface area contributed by atoms with Gasteiger partial charge in [0.15, 0.2) is 0 Å². The number of benzene rings is 5. The maximum absolute atomic E-state index is 5.31. The van der Waals surface area contributed by atoms with E-state index in [1.807, 2.05) is 0 Å². The van der Waals surface area contributed by atoms with E-state index < -0.39 is 0 Å². The quantitative estimate of drug-likeness (QED) is 0.240. The average molecular weight is 504 g/mol. The van der Waals surface area contributed by atoms with Crippen LogP contribution in [-0.4, -0.2) is 14.5 Å². The number of rotatable bonds is 3. The maximum atomic E-state index is 5.31. The standard InChI is InChI=1S/C34H21N3S/c1-2-12-23-22(10-1)11-9-17-24(23)25-13-3-4-16-28(25)32-29-20-21-38-33(29)36-34(35-32)37-30-18-7-5-14-26(30)27-15-6-8-19-31(27)37/h1-21H. The Labute approximate surface area is 223 Å². The van der Waals surface area contributed by atoms with E-state index in [1.54, 1.807) is 11.3 Å². The molecule has 4 heteroatoms. The van der Waals surface area contributed by atoms with Gasteiger partial charge in [0.1, 0.15) is 4.83 Å². The molecule has 0 unspecified atom stereocenters. The van der Waals surface area contributed by atoms with Gasteiger partial charge in [0.2, 0.25) is 5.95 Å². The number of fused-ring (bicyclic) bond motifs is 5. The summed E-state index contributed by atoms with van der Waals surface area (Å²) in [6.45, 7) is 0. The largest absolute Gasteiger partial charge is 0.278 e. The summed E-state index contributed by atoms with van der Waals surface area (Å²) in [6.07, 6.45) is 0. The van der Waals surface area contributed by atoms with Crippen LogP contribution in [0.2, 0.25) is 0 Å². The van der Waals surface area contributed by atoms with Crippen molar-refractivity contribution in [2.24, 2.45) is 0 Å². The number of hydrogen-bond acceptors (Lipinski definition) is 3. The van der Waals surface area contributed by atoms with E-state index >= 15 is 0 Å². The third-order valence-corrected chi connectivity index (χ3v) is 8.16. The van der Waals surface area contributed by atoms with Crippen molar-refractivity contribution in [3.63, 3.8) is 0 Å². The average Bonchev–Trinajstić information content (AvgIpc) is 3.59. The Bertz CT molecular complexity index is 2090. The smallest absolute Gasteiger partial charge is 0.236 e. The Morgan fingerprint density at radius 1 is 0.474 bits per heavy atom. The summed E-state index contributed by atoms with van der Waals surface area (Å²) in [7, 11) is 0. The molecule has 8 aromatic rings. The Hall–Kier alpha value is -4.80. The Morgan fingerprint density at radius 3 is 1.87 bits per heavy atom. The fourth-order valence-corrected chi connectivity index (χ4v) is 6.43. The molecule has 0 fully saturated rings. The molecule has 3 heterocycles. The summed E-state index contributed by atoms with van der Waals surface area (Å²) < 4.78 is 2.20. The third-order valence-electron chi connectivity index (χ3n) is 7.36. The molecule has 0 spiro atoms. The summed E-state index contributed by atoms with van der Waals surface area (Å²) in [4.78, 5) is 11.4. The molecule has 178 valence electrons. The molecule has 3 nitrogen and oxygen atoms in total. The van der Waals surface area contributed by atoms with Crippen LogP contribution < -0.4 is 0 Å². The van der Waals surface area contributed by atoms with Crippen LogP contribution >= 0.6 is 11.3 Å². The van der Waals surface area contributed by atoms with Gasteiger partial charge in [-0.15, -0.1) is 11.3 Å². The molecular weight excluding hydrogens is 482 g/mol. The van der Waals surface area contributed by atoms with Crippen molar-refractivity contribution in [3.05, 3.63) is 127 Å². The number of hydrogen-bond donors (Lipinski definition) is 0. The minimum Gasteiger partial charge on any atom is -0.278 e. The van der Waals surface area contributed by atoms with Crippen LogP contribution in [-0.2, 0) is 0 Å². The first-order valence-corrected chi connectivity index (χ1v) is 13.6. The Morgan fingerprint density at radius 2 is 1.08 bits per heavy atom. The van der Waals surface area contributed by atoms with Gasteiger partial charge in [-0.25, -0.2) is 9.97 Å². The molecular formula is C34H21N3S. The second-order valence-corrected chi connectivity index (χ2v) is 10.3. The van der Waals surface area contributed by atoms with E-state index in [0.717, 1.165) is 32.5 Å². The summed E-state index contributed by atoms with van der Waals surface area (Å²) in [6, 6.07) is 42.8. The molecule has 0 atom stereocenters. The van der Waals surface area contributed by atoms with Gasteiger partial charge in [-0.1, -0.05) is 103 Å². The normalized spacial score (nSPS) is 11.7. The minimum atomic E-state index is 0.695. The molecule has 38 heavy (non-hydrogen) atoms. The zero-order chi connectivity index (χ0) is 25.1. The van der Waals surface area contributed by atoms with Crippen LogP contribution in [0, 0.1) is 0 Å². The SMILES string of the molecule is c1ccc(-c2nc(-n3c4ccccc4c4ccccc43)nc3sccc23)c(-c2cccc3ccccc23)c1. The second-order valence-electron chi connectivity index (χ2n) is 9.45. The Kier molecular flexibility index (Phi) is 4.69. The Balaban J connectivity index is 1.45. The van der Waals surface area contributed by atoms with Crippen LogP contribution in [0.15, 0.2) is 127 Å². The summed E-state index contributed by atoms with van der Waals surface area (Å²) in [5.41, 5.74) is 6.66. The highest BCUT2D eigenvalue weighted by Gasteiger charge is 2.19. The fourth-order valence-electron chi connectivity index (χ4n) is 5.67. The number of thiophene rings is 1. The van der Waals surface area contributed by atoms with Gasteiger partial charge in [0.05, 0.1) is 16.7 Å². The van der Waals surface area contributed by atoms with E-state index in [4.69, 9.17) is 9.97 Å². The molecule has 5 aromatic carbocycles. The van der Waals surface area contributed by atoms with Gasteiger partial charge in [0, 0.05) is 21.7 Å². The summed E-state index contributed by atoms with van der Waals surface area (Å²) in [5.74, 6) is 0.695. The molecule has 3 aromatic heterocycles. The molecule has 0 aliphatic rings. The molecule has 8 rings (SSSR count). The zero-order valence-corrected chi connectivity index (χ0v) is 21.2. The molecule has 0 aliphatic heterocycles. The molecule has 0 saturated heterocycles. The molecule has 0 saturated carbocycles. The third kappa shape index (κ3) is 3.14. The summed E-state index contributed by atoms with van der Waals surface area (Å²) >= 11 is 1.66. The lowest BCUT2D eigenvalue weighted by molar-refractivity contribution is 1.02. The fraction of sp³-hybridized carbons (Fsp3) is 0. The van der Waals surface area contributed by atoms with Crippen molar-refractivity contribution in [3.8, 4) is 28.3 Å². The molecule has 0 radical (unpaired) electrons. The van der Waals surface area contributed by atoms with Crippen molar-refractivity contribution >= 4 is 54.1 Å². The molecule has 0 aliphatic carbocycles. The molecule has 0 N–H and O–H groups in total. The van der Waals surface area contributed by atoms with Crippen LogP contribution in [0.5, 0.6) is 0 Å². The van der Waals surface area contributed by atoms with Gasteiger partial charge in [0.25, 0.3) is 0 Å². The first-order chi connectivity index (χ1) is 18.9. The highest BCUT2D eigenvalue weighted by Crippen LogP contribution is 2.40. The van der Waals surface area contributed by atoms with E-state index in [9.17, 15) is 0 Å². The first kappa shape index (κ1) is 21.3. The lowest BCUT2D eigenvalue weighted by Gasteiger charge is -2.14. The van der Waals surface area contributed by atoms with Crippen molar-refractivity contribution in [1.82, 2.24) is 14.5 Å². The van der Waals surface area contributed by atoms with Gasteiger partial charge >= 0.3 is 0 Å². The van der Waals surface area contributed by atoms with Crippen LogP contribution in [0.1, 0.15) is 0 Å². The van der Waals surface area contributed by atoms with E-state index in [2.05, 4.69) is 131 Å². The van der Waals surface area contributed by atoms with Crippen molar-refractivity contribution < 1.29 is 0 Å². The summed E-state index contributed by atoms with van der Waals surface area (Å²) in [5, 5.41) is 8.06. The van der Waals surface area contributed by atoms with Gasteiger partial charge < -0.3 is 0 Å². The lowest BCUT2D eigenvalue weighted by atomic mass is 9.92. The topological polar surface area (TPSA) is 30.7 Å². The predicted molar refractivity (Wildman–Crippen MR) is 160 cm³/mol. The van der Waals surface area contributed by atoms with Crippen molar-refractivity contribution in [2.45, 2.75) is 0 Å². The van der Waals surface area contributed by atoms with Gasteiger partial charge in [-0.3, -0.25) is 4.57 Å². The van der Waals surface area contributed by atoms with Crippen LogP contribution in [0.4, 0.5) is 0 Å². The van der Waals surface area contributed by atoms with Crippen LogP contribution in [0.3, 0.4) is 0 Å². The highest BCUT2D eigenvalue weighted by atomic mass is 32.1. The molecule has 0 amide bonds. The maximum Gasteiger partial charge on any atom is 0.236 e. The monoisotopic (exact) mass is 503 g/mol. The van der Waals surface area contributed by atoms with Gasteiger partial charge in [-0.2, -0.15) is 0 Å². The van der Waals surface area contributed by atoms with Crippen molar-refractivity contribution in [1.29, 1.82) is 0 Å². The number of para-hydroxylation sites is 2. The highest BCUT2D eigenvalue weighted by molar-refractivity contribution is 7.16. The second kappa shape index (κ2) is 8.37. The van der Waals surface area contributed by atoms with E-state index in [1.165, 1.54) is 32.7 Å². The van der Waals surface area contributed by atoms with E-state index in [0.29, 0.717) is 5.95 Å². The number of aromatic nitrogens is 3. The number of nitrogens with zero attached hydrogens (tertiary/aromatic N) is 3.